The van der Waals surface area contributed by atoms with E-state index in [0.717, 1.165) is 45.3 Å². The second-order valence-corrected chi connectivity index (χ2v) is 17.7. The van der Waals surface area contributed by atoms with Gasteiger partial charge >= 0.3 is 0 Å². The molecule has 0 spiro atoms. The van der Waals surface area contributed by atoms with Crippen molar-refractivity contribution < 1.29 is 0 Å². The van der Waals surface area contributed by atoms with Crippen LogP contribution in [0.3, 0.4) is 0 Å². The Morgan fingerprint density at radius 1 is 0.455 bits per heavy atom. The van der Waals surface area contributed by atoms with Crippen LogP contribution in [0.2, 0.25) is 0 Å². The monoisotopic (exact) mass is 864 g/mol. The highest BCUT2D eigenvalue weighted by Gasteiger charge is 2.40. The van der Waals surface area contributed by atoms with Crippen molar-refractivity contribution in [2.75, 3.05) is 34.3 Å². The third-order valence-corrected chi connectivity index (χ3v) is 14.2. The third-order valence-electron chi connectivity index (χ3n) is 14.2. The summed E-state index contributed by atoms with van der Waals surface area (Å²) < 4.78 is 0. The van der Waals surface area contributed by atoms with Crippen LogP contribution in [-0.4, -0.2) is 19.6 Å². The summed E-state index contributed by atoms with van der Waals surface area (Å²) in [6, 6.07) is 58.4. The number of anilines is 5. The van der Waals surface area contributed by atoms with Crippen molar-refractivity contribution in [3.8, 4) is 11.1 Å². The van der Waals surface area contributed by atoms with Gasteiger partial charge in [-0.2, -0.15) is 0 Å². The quantitative estimate of drug-likeness (QED) is 0.134. The molecule has 0 aromatic heterocycles. The molecule has 3 heterocycles. The summed E-state index contributed by atoms with van der Waals surface area (Å²) in [7, 11) is 0. The number of fused-ring (bicyclic) bond motifs is 6. The molecule has 0 radical (unpaired) electrons. The Morgan fingerprint density at radius 2 is 0.864 bits per heavy atom. The minimum atomic E-state index is 0.0136. The highest BCUT2D eigenvalue weighted by molar-refractivity contribution is 5.85. The van der Waals surface area contributed by atoms with Gasteiger partial charge in [0.05, 0.1) is 0 Å². The summed E-state index contributed by atoms with van der Waals surface area (Å²) in [6.07, 6.45) is 20.2. The summed E-state index contributed by atoms with van der Waals surface area (Å²) >= 11 is 0. The molecule has 3 nitrogen and oxygen atoms in total. The maximum Gasteiger partial charge on any atom is 0.0444 e. The lowest BCUT2D eigenvalue weighted by atomic mass is 9.73. The van der Waals surface area contributed by atoms with Gasteiger partial charge in [-0.15, -0.1) is 0 Å². The fraction of sp³-hybridized carbons (Fsp3) is 0.238. The van der Waals surface area contributed by atoms with E-state index in [2.05, 4.69) is 230 Å². The molecule has 0 bridgehead atoms. The summed E-state index contributed by atoms with van der Waals surface area (Å²) in [6.45, 7) is 14.0. The van der Waals surface area contributed by atoms with Crippen LogP contribution < -0.4 is 14.7 Å². The van der Waals surface area contributed by atoms with Crippen molar-refractivity contribution in [3.63, 3.8) is 0 Å². The zero-order valence-electron chi connectivity index (χ0n) is 39.7. The predicted octanol–water partition coefficient (Wildman–Crippen LogP) is 16.5. The van der Waals surface area contributed by atoms with E-state index in [1.807, 2.05) is 13.8 Å². The Balaban J connectivity index is 0.000000312. The SMILES string of the molecule is C/C=C/N1CCCc2ccccc21.CC.CCC1(CC)c2cc(/C=C/c3ccc(N4CCc5ccccc54)cc3)ccc2-c2ccc(/C=C/c3ccc(N4CCc5ccccc54)cc3)cc21. The van der Waals surface area contributed by atoms with E-state index in [0.29, 0.717) is 0 Å². The molecule has 4 aliphatic rings. The molecule has 0 atom stereocenters. The maximum absolute atomic E-state index is 2.45. The van der Waals surface area contributed by atoms with Gasteiger partial charge in [0.15, 0.2) is 0 Å². The van der Waals surface area contributed by atoms with E-state index >= 15 is 0 Å². The number of hydrogen-bond acceptors (Lipinski definition) is 3. The smallest absolute Gasteiger partial charge is 0.0444 e. The highest BCUT2D eigenvalue weighted by Crippen LogP contribution is 2.53. The summed E-state index contributed by atoms with van der Waals surface area (Å²) in [5, 5.41) is 0. The molecular weight excluding hydrogens is 799 g/mol. The lowest BCUT2D eigenvalue weighted by Gasteiger charge is -2.30. The zero-order chi connectivity index (χ0) is 45.5. The van der Waals surface area contributed by atoms with Crippen molar-refractivity contribution in [1.82, 2.24) is 0 Å². The van der Waals surface area contributed by atoms with E-state index in [9.17, 15) is 0 Å². The molecule has 11 rings (SSSR count). The lowest BCUT2D eigenvalue weighted by molar-refractivity contribution is 0.490. The van der Waals surface area contributed by atoms with Crippen LogP contribution >= 0.6 is 0 Å². The molecule has 7 aromatic carbocycles. The molecule has 0 fully saturated rings. The van der Waals surface area contributed by atoms with Gasteiger partial charge in [-0.1, -0.05) is 173 Å². The largest absolute Gasteiger partial charge is 0.348 e. The molecule has 7 aromatic rings. The van der Waals surface area contributed by atoms with Crippen LogP contribution in [0.25, 0.3) is 35.4 Å². The average Bonchev–Trinajstić information content (AvgIpc) is 4.09. The fourth-order valence-corrected chi connectivity index (χ4v) is 10.8. The second-order valence-electron chi connectivity index (χ2n) is 17.7. The Bertz CT molecular complexity index is 2700. The number of allylic oxidation sites excluding steroid dienone is 1. The fourth-order valence-electron chi connectivity index (χ4n) is 10.8. The number of aryl methyl sites for hydroxylation is 1. The van der Waals surface area contributed by atoms with Gasteiger partial charge in [0.1, 0.15) is 0 Å². The van der Waals surface area contributed by atoms with Gasteiger partial charge < -0.3 is 14.7 Å². The van der Waals surface area contributed by atoms with Gasteiger partial charge in [-0.05, 0) is 155 Å². The van der Waals surface area contributed by atoms with E-state index in [1.54, 1.807) is 0 Å². The Labute approximate surface area is 395 Å². The normalized spacial score (nSPS) is 15.2. The van der Waals surface area contributed by atoms with Crippen LogP contribution in [-0.2, 0) is 24.7 Å². The van der Waals surface area contributed by atoms with Gasteiger partial charge in [0.25, 0.3) is 0 Å². The molecule has 332 valence electrons. The van der Waals surface area contributed by atoms with Crippen molar-refractivity contribution in [2.24, 2.45) is 0 Å². The first kappa shape index (κ1) is 44.4. The van der Waals surface area contributed by atoms with Gasteiger partial charge in [-0.3, -0.25) is 0 Å². The number of rotatable bonds is 9. The van der Waals surface area contributed by atoms with Crippen LogP contribution in [0.5, 0.6) is 0 Å². The van der Waals surface area contributed by atoms with E-state index in [-0.39, 0.29) is 5.41 Å². The van der Waals surface area contributed by atoms with Crippen molar-refractivity contribution in [1.29, 1.82) is 0 Å². The second kappa shape index (κ2) is 20.1. The molecular formula is C63H65N3. The molecule has 0 N–H and O–H groups in total. The molecule has 0 saturated carbocycles. The predicted molar refractivity (Wildman–Crippen MR) is 287 cm³/mol. The number of hydrogen-bond donors (Lipinski definition) is 0. The minimum absolute atomic E-state index is 0.0136. The molecule has 3 heteroatoms. The van der Waals surface area contributed by atoms with Crippen LogP contribution in [0.4, 0.5) is 28.4 Å². The first-order valence-corrected chi connectivity index (χ1v) is 24.6. The molecule has 1 aliphatic carbocycles. The average molecular weight is 864 g/mol. The number of nitrogens with zero attached hydrogens (tertiary/aromatic N) is 3. The van der Waals surface area contributed by atoms with Crippen molar-refractivity contribution >= 4 is 52.7 Å². The first-order chi connectivity index (χ1) is 32.5. The molecule has 0 amide bonds. The standard InChI is InChI=1S/C49H44N2.C12H15N.C2H6/c1-3-49(4-2)45-33-37(15-13-35-17-23-41(24-18-35)50-31-29-39-9-5-7-11-47(39)50)21-27-43(45)44-28-22-38(34-46(44)49)16-14-36-19-25-42(26-20-36)51-32-30-40-10-6-8-12-48(40)51;1-2-9-13-10-5-7-11-6-3-4-8-12(11)13;1-2/h5-28,33-34H,3-4,29-32H2,1-2H3;2-4,6,8-9H,5,7,10H2,1H3;1-2H3/b15-13+,16-14+;9-2+;. The Kier molecular flexibility index (Phi) is 13.5. The van der Waals surface area contributed by atoms with E-state index in [4.69, 9.17) is 0 Å². The zero-order valence-corrected chi connectivity index (χ0v) is 39.7. The minimum Gasteiger partial charge on any atom is -0.348 e. The Hall–Kier alpha value is -6.84. The summed E-state index contributed by atoms with van der Waals surface area (Å²) in [5.41, 5.74) is 21.6. The molecule has 3 aliphatic heterocycles. The van der Waals surface area contributed by atoms with Gasteiger partial charge in [-0.25, -0.2) is 0 Å². The number of para-hydroxylation sites is 3. The Morgan fingerprint density at radius 3 is 1.32 bits per heavy atom. The summed E-state index contributed by atoms with van der Waals surface area (Å²) in [4.78, 5) is 7.20. The van der Waals surface area contributed by atoms with Crippen molar-refractivity contribution in [2.45, 2.75) is 78.6 Å². The van der Waals surface area contributed by atoms with E-state index < -0.39 is 0 Å². The maximum atomic E-state index is 2.45. The lowest BCUT2D eigenvalue weighted by Crippen LogP contribution is -2.23. The molecule has 66 heavy (non-hydrogen) atoms. The molecule has 0 saturated heterocycles. The molecule has 0 unspecified atom stereocenters. The van der Waals surface area contributed by atoms with Crippen LogP contribution in [0.1, 0.15) is 104 Å². The summed E-state index contributed by atoms with van der Waals surface area (Å²) in [5.74, 6) is 0. The topological polar surface area (TPSA) is 9.72 Å². The van der Waals surface area contributed by atoms with Crippen LogP contribution in [0, 0.1) is 0 Å². The highest BCUT2D eigenvalue weighted by atomic mass is 15.2. The van der Waals surface area contributed by atoms with Gasteiger partial charge in [0.2, 0.25) is 0 Å². The van der Waals surface area contributed by atoms with Crippen LogP contribution in [0.15, 0.2) is 170 Å². The first-order valence-electron chi connectivity index (χ1n) is 24.6. The van der Waals surface area contributed by atoms with Crippen molar-refractivity contribution in [3.05, 3.63) is 220 Å². The number of benzene rings is 7. The third kappa shape index (κ3) is 8.80. The van der Waals surface area contributed by atoms with Gasteiger partial charge in [0, 0.05) is 53.5 Å². The van der Waals surface area contributed by atoms with E-state index in [1.165, 1.54) is 102 Å².